The summed E-state index contributed by atoms with van der Waals surface area (Å²) >= 11 is 10.8. The molecule has 0 amide bonds. The molecule has 1 unspecified atom stereocenters. The molecule has 3 nitrogen and oxygen atoms in total. The number of rotatable bonds is 5. The molecule has 0 radical (unpaired) electrons. The van der Waals surface area contributed by atoms with Gasteiger partial charge in [0.25, 0.3) is 0 Å². The Morgan fingerprint density at radius 1 is 1.47 bits per heavy atom. The molecule has 0 aliphatic rings. The lowest BCUT2D eigenvalue weighted by Gasteiger charge is -2.14. The fourth-order valence-corrected chi connectivity index (χ4v) is 3.00. The summed E-state index contributed by atoms with van der Waals surface area (Å²) in [6, 6.07) is 5.60. The van der Waals surface area contributed by atoms with E-state index in [-0.39, 0.29) is 6.10 Å². The van der Waals surface area contributed by atoms with Gasteiger partial charge in [0.05, 0.1) is 23.2 Å². The lowest BCUT2D eigenvalue weighted by Crippen LogP contribution is -2.03. The van der Waals surface area contributed by atoms with Gasteiger partial charge in [-0.2, -0.15) is 0 Å². The number of hydrogen-bond donors (Lipinski definition) is 0. The van der Waals surface area contributed by atoms with E-state index in [0.717, 1.165) is 26.7 Å². The van der Waals surface area contributed by atoms with Crippen LogP contribution in [0.25, 0.3) is 0 Å². The number of aromatic nitrogens is 1. The van der Waals surface area contributed by atoms with Crippen molar-refractivity contribution < 1.29 is 9.47 Å². The van der Waals surface area contributed by atoms with E-state index in [1.54, 1.807) is 18.4 Å². The number of nitrogens with zero attached hydrogens (tertiary/aromatic N) is 1. The first kappa shape index (κ1) is 14.6. The molecule has 1 heterocycles. The van der Waals surface area contributed by atoms with E-state index in [0.29, 0.717) is 5.88 Å². The van der Waals surface area contributed by atoms with Crippen molar-refractivity contribution in [3.63, 3.8) is 0 Å². The molecule has 0 bridgehead atoms. The Bertz CT molecular complexity index is 561. The van der Waals surface area contributed by atoms with Gasteiger partial charge in [0.1, 0.15) is 22.6 Å². The second-order valence-corrected chi connectivity index (χ2v) is 5.88. The Labute approximate surface area is 129 Å². The van der Waals surface area contributed by atoms with Gasteiger partial charge in [-0.05, 0) is 41.1 Å². The molecule has 1 aromatic heterocycles. The average molecular weight is 363 g/mol. The van der Waals surface area contributed by atoms with E-state index in [9.17, 15) is 0 Å². The molecule has 0 saturated heterocycles. The normalized spacial score (nSPS) is 12.2. The van der Waals surface area contributed by atoms with Crippen molar-refractivity contribution in [2.45, 2.75) is 18.9 Å². The number of ether oxygens (including phenoxy) is 2. The Hall–Kier alpha value is -0.780. The number of halogens is 2. The summed E-state index contributed by atoms with van der Waals surface area (Å²) in [5.41, 5.74) is 0.880. The summed E-state index contributed by atoms with van der Waals surface area (Å²) in [6.45, 7) is 1.97. The first-order chi connectivity index (χ1) is 9.13. The molecule has 19 heavy (non-hydrogen) atoms. The van der Waals surface area contributed by atoms with Crippen LogP contribution >= 0.6 is 38.9 Å². The number of hydrogen-bond acceptors (Lipinski definition) is 4. The molecule has 102 valence electrons. The molecule has 0 aliphatic carbocycles. The van der Waals surface area contributed by atoms with Crippen LogP contribution in [0.3, 0.4) is 0 Å². The first-order valence-corrected chi connectivity index (χ1v) is 7.85. The maximum absolute atomic E-state index is 5.89. The molecule has 1 aromatic carbocycles. The highest BCUT2D eigenvalue weighted by atomic mass is 79.9. The molecule has 2 rings (SSSR count). The number of methoxy groups -OCH3 is 1. The van der Waals surface area contributed by atoms with Crippen LogP contribution in [-0.4, -0.2) is 12.1 Å². The lowest BCUT2D eigenvalue weighted by atomic mass is 10.3. The summed E-state index contributed by atoms with van der Waals surface area (Å²) in [7, 11) is 1.63. The average Bonchev–Trinajstić information content (AvgIpc) is 2.90. The zero-order valence-electron chi connectivity index (χ0n) is 10.5. The van der Waals surface area contributed by atoms with Gasteiger partial charge < -0.3 is 9.47 Å². The van der Waals surface area contributed by atoms with Crippen molar-refractivity contribution in [1.82, 2.24) is 4.98 Å². The molecular weight excluding hydrogens is 350 g/mol. The summed E-state index contributed by atoms with van der Waals surface area (Å²) in [6.07, 6.45) is -0.119. The van der Waals surface area contributed by atoms with Gasteiger partial charge in [-0.25, -0.2) is 4.98 Å². The smallest absolute Gasteiger partial charge is 0.147 e. The van der Waals surface area contributed by atoms with E-state index in [4.69, 9.17) is 21.1 Å². The van der Waals surface area contributed by atoms with Gasteiger partial charge in [0.15, 0.2) is 0 Å². The van der Waals surface area contributed by atoms with Gasteiger partial charge in [0.2, 0.25) is 0 Å². The fourth-order valence-electron chi connectivity index (χ4n) is 1.52. The molecule has 2 aromatic rings. The molecule has 0 fully saturated rings. The van der Waals surface area contributed by atoms with E-state index in [2.05, 4.69) is 20.9 Å². The molecule has 0 saturated carbocycles. The number of benzene rings is 1. The monoisotopic (exact) mass is 361 g/mol. The van der Waals surface area contributed by atoms with Crippen molar-refractivity contribution in [3.05, 3.63) is 38.8 Å². The van der Waals surface area contributed by atoms with E-state index >= 15 is 0 Å². The van der Waals surface area contributed by atoms with Crippen molar-refractivity contribution in [1.29, 1.82) is 0 Å². The molecule has 0 aliphatic heterocycles. The Morgan fingerprint density at radius 2 is 2.26 bits per heavy atom. The van der Waals surface area contributed by atoms with Crippen LogP contribution in [0, 0.1) is 0 Å². The first-order valence-electron chi connectivity index (χ1n) is 5.64. The zero-order valence-corrected chi connectivity index (χ0v) is 13.7. The topological polar surface area (TPSA) is 31.4 Å². The molecule has 0 N–H and O–H groups in total. The Balaban J connectivity index is 2.12. The van der Waals surface area contributed by atoms with Gasteiger partial charge in [-0.1, -0.05) is 0 Å². The molecular formula is C13H13BrClNO2S. The molecule has 6 heteroatoms. The highest BCUT2D eigenvalue weighted by Crippen LogP contribution is 2.33. The van der Waals surface area contributed by atoms with Gasteiger partial charge in [0, 0.05) is 5.38 Å². The third kappa shape index (κ3) is 3.61. The highest BCUT2D eigenvalue weighted by Gasteiger charge is 2.14. The maximum Gasteiger partial charge on any atom is 0.147 e. The predicted molar refractivity (Wildman–Crippen MR) is 81.4 cm³/mol. The third-order valence-electron chi connectivity index (χ3n) is 2.50. The summed E-state index contributed by atoms with van der Waals surface area (Å²) < 4.78 is 11.9. The Kier molecular flexibility index (Phi) is 5.07. The summed E-state index contributed by atoms with van der Waals surface area (Å²) in [5.74, 6) is 1.97. The van der Waals surface area contributed by atoms with Crippen molar-refractivity contribution in [2.24, 2.45) is 0 Å². The minimum absolute atomic E-state index is 0.119. The second kappa shape index (κ2) is 6.59. The van der Waals surface area contributed by atoms with Crippen LogP contribution in [0.2, 0.25) is 0 Å². The summed E-state index contributed by atoms with van der Waals surface area (Å²) in [4.78, 5) is 4.41. The van der Waals surface area contributed by atoms with Gasteiger partial charge in [-0.15, -0.1) is 22.9 Å². The largest absolute Gasteiger partial charge is 0.497 e. The van der Waals surface area contributed by atoms with E-state index < -0.39 is 0 Å². The van der Waals surface area contributed by atoms with E-state index in [1.807, 2.05) is 30.5 Å². The van der Waals surface area contributed by atoms with Crippen LogP contribution in [-0.2, 0) is 5.88 Å². The van der Waals surface area contributed by atoms with Crippen LogP contribution in [0.15, 0.2) is 28.1 Å². The minimum Gasteiger partial charge on any atom is -0.497 e. The predicted octanol–water partition coefficient (Wildman–Crippen LogP) is 4.79. The number of thiazole rings is 1. The standard InChI is InChI=1S/C13H13BrClNO2S/c1-8(13-16-9(6-15)7-19-13)18-12-4-3-10(17-2)5-11(12)14/h3-5,7-8H,6H2,1-2H3. The van der Waals surface area contributed by atoms with Crippen LogP contribution in [0.1, 0.15) is 23.7 Å². The van der Waals surface area contributed by atoms with Crippen molar-refractivity contribution >= 4 is 38.9 Å². The maximum atomic E-state index is 5.89. The lowest BCUT2D eigenvalue weighted by molar-refractivity contribution is 0.224. The number of alkyl halides is 1. The quantitative estimate of drug-likeness (QED) is 0.716. The van der Waals surface area contributed by atoms with Crippen LogP contribution in [0.5, 0.6) is 11.5 Å². The van der Waals surface area contributed by atoms with Gasteiger partial charge in [-0.3, -0.25) is 0 Å². The summed E-state index contributed by atoms with van der Waals surface area (Å²) in [5, 5.41) is 2.86. The fraction of sp³-hybridized carbons (Fsp3) is 0.308. The third-order valence-corrected chi connectivity index (χ3v) is 4.45. The highest BCUT2D eigenvalue weighted by molar-refractivity contribution is 9.10. The zero-order chi connectivity index (χ0) is 13.8. The molecule has 1 atom stereocenters. The van der Waals surface area contributed by atoms with Gasteiger partial charge >= 0.3 is 0 Å². The molecule has 0 spiro atoms. The van der Waals surface area contributed by atoms with E-state index in [1.165, 1.54) is 0 Å². The van der Waals surface area contributed by atoms with Crippen molar-refractivity contribution in [3.8, 4) is 11.5 Å². The van der Waals surface area contributed by atoms with Crippen LogP contribution in [0.4, 0.5) is 0 Å². The second-order valence-electron chi connectivity index (χ2n) is 3.87. The van der Waals surface area contributed by atoms with Crippen molar-refractivity contribution in [2.75, 3.05) is 7.11 Å². The SMILES string of the molecule is COc1ccc(OC(C)c2nc(CCl)cs2)c(Br)c1. The minimum atomic E-state index is -0.119. The Morgan fingerprint density at radius 3 is 2.84 bits per heavy atom. The van der Waals surface area contributed by atoms with Crippen LogP contribution < -0.4 is 9.47 Å².